The quantitative estimate of drug-likeness (QED) is 0.830. The molecular formula is C16H27N3O2. The first kappa shape index (κ1) is 15.0. The average molecular weight is 293 g/mol. The van der Waals surface area contributed by atoms with Crippen LogP contribution in [0, 0.1) is 5.41 Å². The SMILES string of the molecule is CCOC[C@@H]1CC2(CCN(Cc3cnn(C)c3)CC2)CO1. The molecule has 5 nitrogen and oxygen atoms in total. The smallest absolute Gasteiger partial charge is 0.0814 e. The van der Waals surface area contributed by atoms with Gasteiger partial charge in [0, 0.05) is 32.0 Å². The molecule has 118 valence electrons. The zero-order valence-corrected chi connectivity index (χ0v) is 13.3. The molecule has 0 bridgehead atoms. The summed E-state index contributed by atoms with van der Waals surface area (Å²) in [6.45, 7) is 7.86. The Balaban J connectivity index is 1.47. The fraction of sp³-hybridized carbons (Fsp3) is 0.812. The van der Waals surface area contributed by atoms with Crippen LogP contribution in [0.25, 0.3) is 0 Å². The lowest BCUT2D eigenvalue weighted by molar-refractivity contribution is 0.0158. The van der Waals surface area contributed by atoms with Gasteiger partial charge in [-0.3, -0.25) is 9.58 Å². The highest BCUT2D eigenvalue weighted by atomic mass is 16.5. The molecule has 2 fully saturated rings. The molecular weight excluding hydrogens is 266 g/mol. The normalized spacial score (nSPS) is 25.7. The van der Waals surface area contributed by atoms with Crippen LogP contribution >= 0.6 is 0 Å². The van der Waals surface area contributed by atoms with Gasteiger partial charge in [-0.05, 0) is 44.7 Å². The second kappa shape index (κ2) is 6.46. The first-order chi connectivity index (χ1) is 10.2. The summed E-state index contributed by atoms with van der Waals surface area (Å²) in [5.41, 5.74) is 1.72. The molecule has 1 spiro atoms. The number of rotatable bonds is 5. The maximum Gasteiger partial charge on any atom is 0.0814 e. The van der Waals surface area contributed by atoms with Gasteiger partial charge >= 0.3 is 0 Å². The van der Waals surface area contributed by atoms with Gasteiger partial charge < -0.3 is 9.47 Å². The van der Waals surface area contributed by atoms with E-state index >= 15 is 0 Å². The predicted octanol–water partition coefficient (Wildman–Crippen LogP) is 1.83. The number of likely N-dealkylation sites (tertiary alicyclic amines) is 1. The van der Waals surface area contributed by atoms with Crippen LogP contribution in [-0.4, -0.2) is 53.7 Å². The minimum atomic E-state index is 0.315. The van der Waals surface area contributed by atoms with Gasteiger partial charge in [-0.15, -0.1) is 0 Å². The second-order valence-corrected chi connectivity index (χ2v) is 6.60. The number of ether oxygens (including phenoxy) is 2. The van der Waals surface area contributed by atoms with E-state index in [0.29, 0.717) is 11.5 Å². The highest BCUT2D eigenvalue weighted by molar-refractivity contribution is 5.04. The summed E-state index contributed by atoms with van der Waals surface area (Å²) in [4.78, 5) is 2.54. The molecule has 2 aliphatic heterocycles. The van der Waals surface area contributed by atoms with Crippen LogP contribution in [0.5, 0.6) is 0 Å². The number of nitrogens with zero attached hydrogens (tertiary/aromatic N) is 3. The first-order valence-electron chi connectivity index (χ1n) is 8.08. The highest BCUT2D eigenvalue weighted by Gasteiger charge is 2.42. The van der Waals surface area contributed by atoms with Gasteiger partial charge in [0.15, 0.2) is 0 Å². The molecule has 2 aliphatic rings. The van der Waals surface area contributed by atoms with Crippen molar-refractivity contribution in [1.29, 1.82) is 0 Å². The Kier molecular flexibility index (Phi) is 4.62. The van der Waals surface area contributed by atoms with Crippen LogP contribution in [0.2, 0.25) is 0 Å². The van der Waals surface area contributed by atoms with Crippen LogP contribution in [0.15, 0.2) is 12.4 Å². The molecule has 3 heterocycles. The standard InChI is InChI=1S/C16H27N3O2/c1-3-20-12-15-8-16(13-21-15)4-6-19(7-5-16)11-14-9-17-18(2)10-14/h9-10,15H,3-8,11-13H2,1-2H3/t15-/m0/s1. The van der Waals surface area contributed by atoms with Crippen molar-refractivity contribution in [3.05, 3.63) is 18.0 Å². The van der Waals surface area contributed by atoms with Crippen LogP contribution in [0.3, 0.4) is 0 Å². The Bertz CT molecular complexity index is 452. The number of hydrogen-bond donors (Lipinski definition) is 0. The van der Waals surface area contributed by atoms with Crippen molar-refractivity contribution >= 4 is 0 Å². The molecule has 2 saturated heterocycles. The Hall–Kier alpha value is -0.910. The van der Waals surface area contributed by atoms with E-state index in [-0.39, 0.29) is 0 Å². The maximum absolute atomic E-state index is 5.95. The Morgan fingerprint density at radius 2 is 2.24 bits per heavy atom. The molecule has 3 rings (SSSR count). The summed E-state index contributed by atoms with van der Waals surface area (Å²) in [6, 6.07) is 0. The fourth-order valence-electron chi connectivity index (χ4n) is 3.60. The van der Waals surface area contributed by atoms with E-state index in [1.165, 1.54) is 37.9 Å². The van der Waals surface area contributed by atoms with Crippen LogP contribution < -0.4 is 0 Å². The molecule has 0 radical (unpaired) electrons. The summed E-state index contributed by atoms with van der Waals surface area (Å²) >= 11 is 0. The van der Waals surface area contributed by atoms with Gasteiger partial charge in [-0.1, -0.05) is 0 Å². The molecule has 0 aromatic carbocycles. The third-order valence-electron chi connectivity index (χ3n) is 4.88. The summed E-state index contributed by atoms with van der Waals surface area (Å²) in [7, 11) is 1.98. The molecule has 21 heavy (non-hydrogen) atoms. The van der Waals surface area contributed by atoms with E-state index in [0.717, 1.165) is 26.4 Å². The average Bonchev–Trinajstić information content (AvgIpc) is 3.07. The van der Waals surface area contributed by atoms with E-state index in [4.69, 9.17) is 9.47 Å². The highest BCUT2D eigenvalue weighted by Crippen LogP contribution is 2.42. The van der Waals surface area contributed by atoms with Gasteiger partial charge in [0.1, 0.15) is 0 Å². The van der Waals surface area contributed by atoms with Crippen LogP contribution in [0.1, 0.15) is 31.7 Å². The topological polar surface area (TPSA) is 39.5 Å². The largest absolute Gasteiger partial charge is 0.379 e. The summed E-state index contributed by atoms with van der Waals surface area (Å²) in [5, 5.41) is 4.25. The molecule has 0 N–H and O–H groups in total. The van der Waals surface area contributed by atoms with Crippen molar-refractivity contribution in [2.24, 2.45) is 12.5 Å². The van der Waals surface area contributed by atoms with Crippen LogP contribution in [-0.2, 0) is 23.1 Å². The fourth-order valence-corrected chi connectivity index (χ4v) is 3.60. The summed E-state index contributed by atoms with van der Waals surface area (Å²) in [5.74, 6) is 0. The van der Waals surface area contributed by atoms with Gasteiger partial charge in [0.05, 0.1) is 25.5 Å². The van der Waals surface area contributed by atoms with Gasteiger partial charge in [-0.25, -0.2) is 0 Å². The monoisotopic (exact) mass is 293 g/mol. The number of aryl methyl sites for hydroxylation is 1. The van der Waals surface area contributed by atoms with Crippen molar-refractivity contribution in [3.8, 4) is 0 Å². The lowest BCUT2D eigenvalue weighted by Gasteiger charge is -2.38. The third kappa shape index (κ3) is 3.65. The molecule has 1 atom stereocenters. The first-order valence-corrected chi connectivity index (χ1v) is 8.08. The van der Waals surface area contributed by atoms with Gasteiger partial charge in [0.2, 0.25) is 0 Å². The Morgan fingerprint density at radius 3 is 2.90 bits per heavy atom. The molecule has 0 saturated carbocycles. The van der Waals surface area contributed by atoms with E-state index in [9.17, 15) is 0 Å². The van der Waals surface area contributed by atoms with Gasteiger partial charge in [0.25, 0.3) is 0 Å². The van der Waals surface area contributed by atoms with E-state index in [2.05, 4.69) is 16.2 Å². The maximum atomic E-state index is 5.95. The lowest BCUT2D eigenvalue weighted by atomic mass is 9.76. The van der Waals surface area contributed by atoms with E-state index in [1.807, 2.05) is 24.9 Å². The molecule has 0 unspecified atom stereocenters. The van der Waals surface area contributed by atoms with Crippen molar-refractivity contribution in [2.45, 2.75) is 38.8 Å². The van der Waals surface area contributed by atoms with E-state index < -0.39 is 0 Å². The number of hydrogen-bond acceptors (Lipinski definition) is 4. The molecule has 1 aromatic heterocycles. The van der Waals surface area contributed by atoms with E-state index in [1.54, 1.807) is 0 Å². The van der Waals surface area contributed by atoms with Gasteiger partial charge in [-0.2, -0.15) is 5.10 Å². The number of piperidine rings is 1. The second-order valence-electron chi connectivity index (χ2n) is 6.60. The van der Waals surface area contributed by atoms with Crippen molar-refractivity contribution in [2.75, 3.05) is 32.9 Å². The Labute approximate surface area is 127 Å². The molecule has 0 aliphatic carbocycles. The zero-order valence-electron chi connectivity index (χ0n) is 13.3. The van der Waals surface area contributed by atoms with Crippen LogP contribution in [0.4, 0.5) is 0 Å². The minimum Gasteiger partial charge on any atom is -0.379 e. The number of aromatic nitrogens is 2. The van der Waals surface area contributed by atoms with Crippen molar-refractivity contribution < 1.29 is 9.47 Å². The van der Waals surface area contributed by atoms with Crippen molar-refractivity contribution in [1.82, 2.24) is 14.7 Å². The summed E-state index contributed by atoms with van der Waals surface area (Å²) < 4.78 is 13.3. The van der Waals surface area contributed by atoms with Crippen molar-refractivity contribution in [3.63, 3.8) is 0 Å². The molecule has 0 amide bonds. The third-order valence-corrected chi connectivity index (χ3v) is 4.88. The zero-order chi connectivity index (χ0) is 14.7. The summed E-state index contributed by atoms with van der Waals surface area (Å²) in [6.07, 6.45) is 8.07. The minimum absolute atomic E-state index is 0.315. The molecule has 1 aromatic rings. The predicted molar refractivity (Wildman–Crippen MR) is 81.0 cm³/mol. The Morgan fingerprint density at radius 1 is 1.43 bits per heavy atom. The molecule has 5 heteroatoms. The lowest BCUT2D eigenvalue weighted by Crippen LogP contribution is -2.40.